The minimum atomic E-state index is -3.88. The van der Waals surface area contributed by atoms with E-state index in [1.807, 2.05) is 25.1 Å². The Hall–Kier alpha value is -2.57. The largest absolute Gasteiger partial charge is 0.469 e. The van der Waals surface area contributed by atoms with Crippen LogP contribution in [0.3, 0.4) is 0 Å². The Morgan fingerprint density at radius 2 is 1.53 bits per heavy atom. The van der Waals surface area contributed by atoms with Gasteiger partial charge in [-0.05, 0) is 82.4 Å². The molecule has 0 N–H and O–H groups in total. The van der Waals surface area contributed by atoms with Crippen molar-refractivity contribution in [2.75, 3.05) is 7.11 Å². The number of carbonyl (C=O) groups is 1. The first-order valence-electron chi connectivity index (χ1n) is 10.2. The number of carbonyl (C=O) groups excluding carboxylic acids is 1. The fraction of sp³-hybridized carbons (Fsp3) is 0.115. The molecule has 0 saturated heterocycles. The molecule has 34 heavy (non-hydrogen) atoms. The highest BCUT2D eigenvalue weighted by atomic mass is 35.5. The van der Waals surface area contributed by atoms with Crippen molar-refractivity contribution >= 4 is 61.4 Å². The van der Waals surface area contributed by atoms with Crippen LogP contribution in [-0.2, 0) is 25.8 Å². The van der Waals surface area contributed by atoms with Gasteiger partial charge in [0.1, 0.15) is 0 Å². The molecule has 0 amide bonds. The van der Waals surface area contributed by atoms with Crippen LogP contribution in [-0.4, -0.2) is 21.5 Å². The van der Waals surface area contributed by atoms with Crippen molar-refractivity contribution in [3.63, 3.8) is 0 Å². The van der Waals surface area contributed by atoms with Crippen LogP contribution in [0.15, 0.2) is 76.5 Å². The number of halogens is 3. The van der Waals surface area contributed by atoms with Gasteiger partial charge in [0, 0.05) is 10.0 Å². The van der Waals surface area contributed by atoms with Gasteiger partial charge in [0.25, 0.3) is 0 Å². The summed E-state index contributed by atoms with van der Waals surface area (Å²) < 4.78 is 31.2. The number of ether oxygens (including phenoxy) is 1. The molecule has 8 heteroatoms. The van der Waals surface area contributed by atoms with Crippen molar-refractivity contribution in [2.24, 2.45) is 0 Å². The molecule has 0 unspecified atom stereocenters. The summed E-state index contributed by atoms with van der Waals surface area (Å²) in [6.45, 7) is 1.92. The molecule has 0 spiro atoms. The summed E-state index contributed by atoms with van der Waals surface area (Å²) in [6, 6.07) is 18.3. The molecule has 174 valence electrons. The summed E-state index contributed by atoms with van der Waals surface area (Å²) >= 11 is 18.4. The number of rotatable bonds is 5. The third-order valence-electron chi connectivity index (χ3n) is 5.67. The molecular formula is C26H19Cl3O4S. The van der Waals surface area contributed by atoms with Crippen molar-refractivity contribution in [2.45, 2.75) is 23.1 Å². The van der Waals surface area contributed by atoms with Crippen molar-refractivity contribution in [1.82, 2.24) is 0 Å². The van der Waals surface area contributed by atoms with E-state index in [-0.39, 0.29) is 32.2 Å². The Kier molecular flexibility index (Phi) is 6.92. The molecule has 4 rings (SSSR count). The summed E-state index contributed by atoms with van der Waals surface area (Å²) in [5, 5.41) is 2.75. The maximum Gasteiger partial charge on any atom is 0.309 e. The first-order valence-corrected chi connectivity index (χ1v) is 12.8. The zero-order valence-corrected chi connectivity index (χ0v) is 21.3. The number of hydrogen-bond acceptors (Lipinski definition) is 4. The molecule has 0 fully saturated rings. The number of sulfone groups is 1. The van der Waals surface area contributed by atoms with Gasteiger partial charge < -0.3 is 4.74 Å². The first-order chi connectivity index (χ1) is 16.1. The number of fused-ring (bicyclic) bond motifs is 1. The van der Waals surface area contributed by atoms with Gasteiger partial charge in [-0.15, -0.1) is 0 Å². The molecule has 0 atom stereocenters. The van der Waals surface area contributed by atoms with E-state index in [1.54, 1.807) is 18.2 Å². The molecule has 0 aliphatic carbocycles. The topological polar surface area (TPSA) is 60.4 Å². The third-order valence-corrected chi connectivity index (χ3v) is 8.39. The molecule has 4 nitrogen and oxygen atoms in total. The van der Waals surface area contributed by atoms with E-state index in [0.717, 1.165) is 33.0 Å². The van der Waals surface area contributed by atoms with E-state index in [9.17, 15) is 13.2 Å². The Bertz CT molecular complexity index is 1530. The second-order valence-corrected chi connectivity index (χ2v) is 11.0. The van der Waals surface area contributed by atoms with E-state index in [0.29, 0.717) is 5.02 Å². The van der Waals surface area contributed by atoms with Crippen LogP contribution in [0.5, 0.6) is 0 Å². The minimum absolute atomic E-state index is 0.0529. The Labute approximate surface area is 212 Å². The predicted octanol–water partition coefficient (Wildman–Crippen LogP) is 7.32. The smallest absolute Gasteiger partial charge is 0.309 e. The maximum atomic E-state index is 13.2. The highest BCUT2D eigenvalue weighted by Crippen LogP contribution is 2.37. The highest BCUT2D eigenvalue weighted by Gasteiger charge is 2.22. The lowest BCUT2D eigenvalue weighted by Crippen LogP contribution is -2.07. The second-order valence-electron chi connectivity index (χ2n) is 7.76. The quantitative estimate of drug-likeness (QED) is 0.252. The molecular weight excluding hydrogens is 515 g/mol. The predicted molar refractivity (Wildman–Crippen MR) is 137 cm³/mol. The average Bonchev–Trinajstić information content (AvgIpc) is 2.81. The van der Waals surface area contributed by atoms with E-state index in [4.69, 9.17) is 39.5 Å². The van der Waals surface area contributed by atoms with E-state index >= 15 is 0 Å². The van der Waals surface area contributed by atoms with Gasteiger partial charge >= 0.3 is 5.97 Å². The zero-order valence-electron chi connectivity index (χ0n) is 18.2. The van der Waals surface area contributed by atoms with Gasteiger partial charge in [0.15, 0.2) is 0 Å². The second kappa shape index (κ2) is 9.59. The van der Waals surface area contributed by atoms with Crippen molar-refractivity contribution in [3.8, 4) is 11.1 Å². The van der Waals surface area contributed by atoms with Crippen molar-refractivity contribution in [3.05, 3.63) is 92.9 Å². The normalized spacial score (nSPS) is 11.6. The molecule has 0 heterocycles. The van der Waals surface area contributed by atoms with Gasteiger partial charge in [0.2, 0.25) is 9.84 Å². The number of benzene rings is 4. The molecule has 4 aromatic rings. The molecule has 0 saturated carbocycles. The van der Waals surface area contributed by atoms with Crippen LogP contribution in [0.25, 0.3) is 21.9 Å². The lowest BCUT2D eigenvalue weighted by Gasteiger charge is -2.16. The number of esters is 1. The maximum absolute atomic E-state index is 13.2. The van der Waals surface area contributed by atoms with Crippen LogP contribution >= 0.6 is 34.8 Å². The lowest BCUT2D eigenvalue weighted by atomic mass is 9.89. The molecule has 0 aromatic heterocycles. The van der Waals surface area contributed by atoms with E-state index in [1.165, 1.54) is 37.4 Å². The minimum Gasteiger partial charge on any atom is -0.469 e. The van der Waals surface area contributed by atoms with Gasteiger partial charge in [0.05, 0.1) is 28.3 Å². The van der Waals surface area contributed by atoms with Crippen LogP contribution in [0.4, 0.5) is 0 Å². The monoisotopic (exact) mass is 532 g/mol. The third kappa shape index (κ3) is 4.66. The molecule has 0 aliphatic heterocycles. The SMILES string of the molecule is COC(=O)Cc1cc2ccc(Cl)cc2c(-c2ccc(S(=O)(=O)c3cc(Cl)ccc3Cl)cc2)c1C. The van der Waals surface area contributed by atoms with Gasteiger partial charge in [-0.2, -0.15) is 0 Å². The fourth-order valence-corrected chi connectivity index (χ4v) is 6.11. The van der Waals surface area contributed by atoms with Crippen molar-refractivity contribution in [1.29, 1.82) is 0 Å². The van der Waals surface area contributed by atoms with Crippen molar-refractivity contribution < 1.29 is 17.9 Å². The zero-order chi connectivity index (χ0) is 24.6. The summed E-state index contributed by atoms with van der Waals surface area (Å²) in [4.78, 5) is 12.0. The number of methoxy groups -OCH3 is 1. The molecule has 0 radical (unpaired) electrons. The molecule has 4 aromatic carbocycles. The standard InChI is InChI=1S/C26H19Cl3O4S/c1-15-18(12-25(30)33-2)11-17-3-6-19(27)13-22(17)26(15)16-4-8-21(9-5-16)34(31,32)24-14-20(28)7-10-23(24)29/h3-11,13-14H,12H2,1-2H3. The van der Waals surface area contributed by atoms with Gasteiger partial charge in [-0.25, -0.2) is 8.42 Å². The highest BCUT2D eigenvalue weighted by molar-refractivity contribution is 7.91. The summed E-state index contributed by atoms with van der Waals surface area (Å²) in [5.41, 5.74) is 3.35. The van der Waals surface area contributed by atoms with Crippen LogP contribution in [0.2, 0.25) is 15.1 Å². The van der Waals surface area contributed by atoms with Crippen LogP contribution in [0.1, 0.15) is 11.1 Å². The Morgan fingerprint density at radius 3 is 2.21 bits per heavy atom. The fourth-order valence-electron chi connectivity index (χ4n) is 3.92. The van der Waals surface area contributed by atoms with Crippen LogP contribution < -0.4 is 0 Å². The molecule has 0 aliphatic rings. The Morgan fingerprint density at radius 1 is 0.882 bits per heavy atom. The molecule has 0 bridgehead atoms. The Balaban J connectivity index is 1.87. The lowest BCUT2D eigenvalue weighted by molar-refractivity contribution is -0.139. The van der Waals surface area contributed by atoms with E-state index in [2.05, 4.69) is 0 Å². The first kappa shape index (κ1) is 24.6. The summed E-state index contributed by atoms with van der Waals surface area (Å²) in [7, 11) is -2.52. The van der Waals surface area contributed by atoms with E-state index < -0.39 is 9.84 Å². The number of hydrogen-bond donors (Lipinski definition) is 0. The van der Waals surface area contributed by atoms with Gasteiger partial charge in [-0.1, -0.05) is 59.1 Å². The average molecular weight is 534 g/mol. The van der Waals surface area contributed by atoms with Crippen LogP contribution in [0, 0.1) is 6.92 Å². The summed E-state index contributed by atoms with van der Waals surface area (Å²) in [5.74, 6) is -0.345. The van der Waals surface area contributed by atoms with Gasteiger partial charge in [-0.3, -0.25) is 4.79 Å². The summed E-state index contributed by atoms with van der Waals surface area (Å²) in [6.07, 6.45) is 0.119.